The van der Waals surface area contributed by atoms with Crippen LogP contribution < -0.4 is 15.0 Å². The smallest absolute Gasteiger partial charge is 0.212 e. The van der Waals surface area contributed by atoms with Gasteiger partial charge in [-0.25, -0.2) is 4.98 Å². The second-order valence-corrected chi connectivity index (χ2v) is 6.65. The van der Waals surface area contributed by atoms with Crippen LogP contribution in [0.4, 0.5) is 5.82 Å². The third kappa shape index (κ3) is 3.73. The number of carbonyl (C=O) groups is 1. The van der Waals surface area contributed by atoms with Gasteiger partial charge < -0.3 is 15.0 Å². The molecule has 0 amide bonds. The van der Waals surface area contributed by atoms with Gasteiger partial charge in [0.2, 0.25) is 5.78 Å². The number of nitrogens with zero attached hydrogens (tertiary/aromatic N) is 3. The number of piperazine rings is 1. The van der Waals surface area contributed by atoms with Gasteiger partial charge in [0.05, 0.1) is 13.2 Å². The van der Waals surface area contributed by atoms with Gasteiger partial charge in [0.25, 0.3) is 0 Å². The summed E-state index contributed by atoms with van der Waals surface area (Å²) in [5, 5.41) is 3.55. The van der Waals surface area contributed by atoms with E-state index >= 15 is 0 Å². The van der Waals surface area contributed by atoms with Crippen LogP contribution in [0.3, 0.4) is 0 Å². The molecule has 0 saturated carbocycles. The van der Waals surface area contributed by atoms with Gasteiger partial charge in [0.1, 0.15) is 17.3 Å². The molecule has 6 nitrogen and oxygen atoms in total. The van der Waals surface area contributed by atoms with E-state index in [-0.39, 0.29) is 11.8 Å². The van der Waals surface area contributed by atoms with Crippen molar-refractivity contribution in [2.45, 2.75) is 6.04 Å². The van der Waals surface area contributed by atoms with Gasteiger partial charge >= 0.3 is 0 Å². The van der Waals surface area contributed by atoms with Crippen molar-refractivity contribution in [2.75, 3.05) is 31.6 Å². The van der Waals surface area contributed by atoms with E-state index in [9.17, 15) is 4.79 Å². The average molecular weight is 374 g/mol. The summed E-state index contributed by atoms with van der Waals surface area (Å²) in [6.45, 7) is 2.40. The quantitative estimate of drug-likeness (QED) is 0.693. The lowest BCUT2D eigenvalue weighted by atomic mass is 10.0. The van der Waals surface area contributed by atoms with E-state index < -0.39 is 0 Å². The van der Waals surface area contributed by atoms with Crippen molar-refractivity contribution < 1.29 is 9.53 Å². The normalized spacial score (nSPS) is 16.6. The summed E-state index contributed by atoms with van der Waals surface area (Å²) in [6, 6.07) is 17.3. The molecule has 0 aliphatic carbocycles. The molecule has 1 saturated heterocycles. The number of methoxy groups -OCH3 is 1. The molecule has 3 heterocycles. The largest absolute Gasteiger partial charge is 0.496 e. The van der Waals surface area contributed by atoms with Gasteiger partial charge in [-0.05, 0) is 30.3 Å². The van der Waals surface area contributed by atoms with E-state index in [4.69, 9.17) is 4.74 Å². The molecule has 0 radical (unpaired) electrons. The minimum atomic E-state index is -0.119. The predicted octanol–water partition coefficient (Wildman–Crippen LogP) is 2.87. The number of rotatable bonds is 5. The number of pyridine rings is 2. The molecule has 6 heteroatoms. The summed E-state index contributed by atoms with van der Waals surface area (Å²) in [7, 11) is 1.69. The van der Waals surface area contributed by atoms with Gasteiger partial charge in [-0.15, -0.1) is 0 Å². The first kappa shape index (κ1) is 18.1. The average Bonchev–Trinajstić information content (AvgIpc) is 2.79. The highest BCUT2D eigenvalue weighted by Gasteiger charge is 2.24. The third-order valence-electron chi connectivity index (χ3n) is 4.90. The molecule has 4 rings (SSSR count). The van der Waals surface area contributed by atoms with Crippen LogP contribution in [-0.4, -0.2) is 42.5 Å². The molecule has 142 valence electrons. The molecule has 28 heavy (non-hydrogen) atoms. The molecular weight excluding hydrogens is 352 g/mol. The van der Waals surface area contributed by atoms with E-state index in [2.05, 4.69) is 26.3 Å². The number of benzene rings is 1. The summed E-state index contributed by atoms with van der Waals surface area (Å²) < 4.78 is 5.51. The van der Waals surface area contributed by atoms with Crippen LogP contribution in [0, 0.1) is 0 Å². The molecule has 3 aromatic rings. The number of aromatic nitrogens is 2. The number of hydrogen-bond acceptors (Lipinski definition) is 6. The van der Waals surface area contributed by atoms with Crippen LogP contribution in [-0.2, 0) is 0 Å². The van der Waals surface area contributed by atoms with Crippen LogP contribution in [0.25, 0.3) is 0 Å². The van der Waals surface area contributed by atoms with E-state index in [1.807, 2.05) is 30.3 Å². The summed E-state index contributed by atoms with van der Waals surface area (Å²) >= 11 is 0. The zero-order chi connectivity index (χ0) is 19.3. The first-order chi connectivity index (χ1) is 13.8. The highest BCUT2D eigenvalue weighted by molar-refractivity contribution is 6.07. The Balaban J connectivity index is 1.57. The molecule has 0 bridgehead atoms. The lowest BCUT2D eigenvalue weighted by Gasteiger charge is -2.35. The fourth-order valence-corrected chi connectivity index (χ4v) is 3.49. The molecule has 1 fully saturated rings. The molecule has 0 spiro atoms. The highest BCUT2D eigenvalue weighted by Crippen LogP contribution is 2.28. The molecular formula is C22H22N4O2. The van der Waals surface area contributed by atoms with Crippen LogP contribution in [0.5, 0.6) is 5.75 Å². The summed E-state index contributed by atoms with van der Waals surface area (Å²) in [5.41, 5.74) is 2.09. The fraction of sp³-hybridized carbons (Fsp3) is 0.227. The Labute approximate surface area is 164 Å². The number of ketones is 1. The van der Waals surface area contributed by atoms with Gasteiger partial charge in [-0.3, -0.25) is 9.78 Å². The van der Waals surface area contributed by atoms with Crippen molar-refractivity contribution in [2.24, 2.45) is 0 Å². The molecule has 1 aromatic carbocycles. The fourth-order valence-electron chi connectivity index (χ4n) is 3.49. The third-order valence-corrected chi connectivity index (χ3v) is 4.90. The number of hydrogen-bond donors (Lipinski definition) is 1. The van der Waals surface area contributed by atoms with E-state index in [1.54, 1.807) is 37.7 Å². The van der Waals surface area contributed by atoms with Crippen LogP contribution in [0.1, 0.15) is 27.7 Å². The minimum Gasteiger partial charge on any atom is -0.496 e. The van der Waals surface area contributed by atoms with Crippen molar-refractivity contribution >= 4 is 11.6 Å². The van der Waals surface area contributed by atoms with E-state index in [1.165, 1.54) is 0 Å². The highest BCUT2D eigenvalue weighted by atomic mass is 16.5. The number of ether oxygens (including phenoxy) is 1. The van der Waals surface area contributed by atoms with Gasteiger partial charge in [0.15, 0.2) is 0 Å². The summed E-state index contributed by atoms with van der Waals surface area (Å²) in [4.78, 5) is 23.6. The van der Waals surface area contributed by atoms with Crippen LogP contribution >= 0.6 is 0 Å². The lowest BCUT2D eigenvalue weighted by Crippen LogP contribution is -2.46. The zero-order valence-electron chi connectivity index (χ0n) is 15.7. The Morgan fingerprint density at radius 2 is 2.04 bits per heavy atom. The van der Waals surface area contributed by atoms with E-state index in [0.29, 0.717) is 11.3 Å². The van der Waals surface area contributed by atoms with Gasteiger partial charge in [-0.1, -0.05) is 24.3 Å². The van der Waals surface area contributed by atoms with E-state index in [0.717, 1.165) is 36.8 Å². The van der Waals surface area contributed by atoms with Gasteiger partial charge in [0, 0.05) is 43.2 Å². The maximum absolute atomic E-state index is 12.7. The van der Waals surface area contributed by atoms with Crippen LogP contribution in [0.2, 0.25) is 0 Å². The Kier molecular flexibility index (Phi) is 5.30. The molecule has 1 unspecified atom stereocenters. The minimum absolute atomic E-state index is 0.119. The monoisotopic (exact) mass is 374 g/mol. The summed E-state index contributed by atoms with van der Waals surface area (Å²) in [6.07, 6.45) is 3.22. The van der Waals surface area contributed by atoms with Crippen molar-refractivity contribution in [3.63, 3.8) is 0 Å². The first-order valence-electron chi connectivity index (χ1n) is 9.29. The number of para-hydroxylation sites is 1. The molecule has 1 aliphatic rings. The first-order valence-corrected chi connectivity index (χ1v) is 9.29. The number of anilines is 1. The van der Waals surface area contributed by atoms with Crippen LogP contribution in [0.15, 0.2) is 67.0 Å². The molecule has 1 N–H and O–H groups in total. The maximum Gasteiger partial charge on any atom is 0.212 e. The number of carbonyl (C=O) groups excluding carboxylic acids is 1. The molecule has 1 aliphatic heterocycles. The second kappa shape index (κ2) is 8.19. The Morgan fingerprint density at radius 3 is 2.86 bits per heavy atom. The zero-order valence-corrected chi connectivity index (χ0v) is 15.7. The Hall–Kier alpha value is -3.25. The number of nitrogens with one attached hydrogen (secondary N) is 1. The van der Waals surface area contributed by atoms with Crippen molar-refractivity contribution in [1.29, 1.82) is 0 Å². The molecule has 2 aromatic heterocycles. The van der Waals surface area contributed by atoms with Crippen molar-refractivity contribution in [3.05, 3.63) is 83.8 Å². The standard InChI is InChI=1S/C22H22N4O2/c1-28-20-9-3-2-7-17(20)19-15-26(13-12-24-19)21-10-4-8-18(25-21)22(27)16-6-5-11-23-14-16/h2-11,14,19,24H,12-13,15H2,1H3. The van der Waals surface area contributed by atoms with Gasteiger partial charge in [-0.2, -0.15) is 0 Å². The maximum atomic E-state index is 12.7. The molecule has 1 atom stereocenters. The Morgan fingerprint density at radius 1 is 1.14 bits per heavy atom. The predicted molar refractivity (Wildman–Crippen MR) is 108 cm³/mol. The summed E-state index contributed by atoms with van der Waals surface area (Å²) in [5.74, 6) is 1.55. The topological polar surface area (TPSA) is 67.3 Å². The van der Waals surface area contributed by atoms with Crippen molar-refractivity contribution in [1.82, 2.24) is 15.3 Å². The lowest BCUT2D eigenvalue weighted by molar-refractivity contribution is 0.103. The van der Waals surface area contributed by atoms with Crippen molar-refractivity contribution in [3.8, 4) is 5.75 Å². The SMILES string of the molecule is COc1ccccc1C1CN(c2cccc(C(=O)c3cccnc3)n2)CCN1. The second-order valence-electron chi connectivity index (χ2n) is 6.65. The Bertz CT molecular complexity index is 962.